The van der Waals surface area contributed by atoms with Crippen LogP contribution in [-0.2, 0) is 4.43 Å². The SMILES string of the molecule is CCO[Si].O=NO. The van der Waals surface area contributed by atoms with Crippen LogP contribution in [-0.4, -0.2) is 22.3 Å². The quantitative estimate of drug-likeness (QED) is 0.306. The maximum atomic E-state index is 8.11. The molecule has 0 aromatic carbocycles. The lowest BCUT2D eigenvalue weighted by molar-refractivity contribution is 0.312. The van der Waals surface area contributed by atoms with E-state index in [4.69, 9.17) is 10.1 Å². The summed E-state index contributed by atoms with van der Waals surface area (Å²) in [5.74, 6) is 0. The topological polar surface area (TPSA) is 58.9 Å². The van der Waals surface area contributed by atoms with Crippen molar-refractivity contribution in [2.45, 2.75) is 6.92 Å². The van der Waals surface area contributed by atoms with Crippen LogP contribution in [0.1, 0.15) is 6.92 Å². The zero-order valence-corrected chi connectivity index (χ0v) is 4.92. The lowest BCUT2D eigenvalue weighted by Gasteiger charge is -1.75. The molecule has 0 aromatic rings. The van der Waals surface area contributed by atoms with Crippen molar-refractivity contribution in [3.8, 4) is 0 Å². The Kier molecular flexibility index (Phi) is 24.5. The molecule has 0 fully saturated rings. The molecule has 0 atom stereocenters. The van der Waals surface area contributed by atoms with E-state index in [1.54, 1.807) is 0 Å². The molecule has 1 N–H and O–H groups in total. The standard InChI is InChI=1S/C2H5OSi.HNO2/c1-2-3-4;2-1-3/h2H2,1H3;(H,2,3). The summed E-state index contributed by atoms with van der Waals surface area (Å²) >= 11 is 0. The van der Waals surface area contributed by atoms with E-state index < -0.39 is 0 Å². The summed E-state index contributed by atoms with van der Waals surface area (Å²) in [4.78, 5) is 8.11. The summed E-state index contributed by atoms with van der Waals surface area (Å²) in [6.45, 7) is 2.64. The Morgan fingerprint density at radius 3 is 2.14 bits per heavy atom. The van der Waals surface area contributed by atoms with Crippen LogP contribution in [0.15, 0.2) is 5.34 Å². The maximum Gasteiger partial charge on any atom is 0.246 e. The lowest BCUT2D eigenvalue weighted by atomic mass is 10.9. The second-order valence-electron chi connectivity index (χ2n) is 0.515. The van der Waals surface area contributed by atoms with Gasteiger partial charge in [0.2, 0.25) is 10.5 Å². The summed E-state index contributed by atoms with van der Waals surface area (Å²) < 4.78 is 4.35. The van der Waals surface area contributed by atoms with Crippen LogP contribution >= 0.6 is 0 Å². The van der Waals surface area contributed by atoms with Gasteiger partial charge in [0.15, 0.2) is 5.34 Å². The molecule has 0 heterocycles. The molecule has 0 spiro atoms. The van der Waals surface area contributed by atoms with Crippen LogP contribution in [0, 0.1) is 4.91 Å². The highest BCUT2D eigenvalue weighted by Gasteiger charge is 1.53. The first kappa shape index (κ1) is 9.76. The Balaban J connectivity index is 0. The Bertz CT molecular complexity index is 32.1. The van der Waals surface area contributed by atoms with Gasteiger partial charge in [-0.3, -0.25) is 0 Å². The fraction of sp³-hybridized carbons (Fsp3) is 1.00. The molecule has 3 radical (unpaired) electrons. The van der Waals surface area contributed by atoms with E-state index in [1.165, 1.54) is 5.34 Å². The van der Waals surface area contributed by atoms with Gasteiger partial charge in [-0.05, 0) is 6.92 Å². The van der Waals surface area contributed by atoms with Crippen LogP contribution in [0.3, 0.4) is 0 Å². The minimum Gasteiger partial charge on any atom is -0.419 e. The monoisotopic (exact) mass is 120 g/mol. The fourth-order valence-electron chi connectivity index (χ4n) is 0. The second-order valence-corrected chi connectivity index (χ2v) is 0.803. The number of hydrogen-bond acceptors (Lipinski definition) is 3. The van der Waals surface area contributed by atoms with Crippen molar-refractivity contribution in [2.75, 3.05) is 6.61 Å². The fourth-order valence-corrected chi connectivity index (χ4v) is 0. The van der Waals surface area contributed by atoms with E-state index in [9.17, 15) is 0 Å². The molecular weight excluding hydrogens is 114 g/mol. The zero-order chi connectivity index (χ0) is 6.12. The summed E-state index contributed by atoms with van der Waals surface area (Å²) in [6.07, 6.45) is 0. The van der Waals surface area contributed by atoms with E-state index >= 15 is 0 Å². The van der Waals surface area contributed by atoms with Gasteiger partial charge in [0.1, 0.15) is 0 Å². The molecule has 0 aliphatic heterocycles. The molecule has 0 aromatic heterocycles. The first-order valence-electron chi connectivity index (χ1n) is 1.58. The number of rotatable bonds is 1. The Morgan fingerprint density at radius 1 is 2.00 bits per heavy atom. The van der Waals surface area contributed by atoms with Crippen molar-refractivity contribution in [2.24, 2.45) is 5.34 Å². The Morgan fingerprint density at radius 2 is 2.14 bits per heavy atom. The highest BCUT2D eigenvalue weighted by Crippen LogP contribution is 1.50. The molecule has 0 bridgehead atoms. The van der Waals surface area contributed by atoms with Gasteiger partial charge in [0.05, 0.1) is 0 Å². The van der Waals surface area contributed by atoms with Crippen molar-refractivity contribution >= 4 is 10.5 Å². The van der Waals surface area contributed by atoms with Crippen molar-refractivity contribution in [1.82, 2.24) is 0 Å². The molecule has 0 amide bonds. The third-order valence-corrected chi connectivity index (χ3v) is 0.433. The third-order valence-electron chi connectivity index (χ3n) is 0.144. The van der Waals surface area contributed by atoms with E-state index in [0.29, 0.717) is 0 Å². The molecule has 0 aliphatic carbocycles. The molecule has 0 saturated carbocycles. The van der Waals surface area contributed by atoms with Gasteiger partial charge in [0.25, 0.3) is 0 Å². The highest BCUT2D eigenvalue weighted by molar-refractivity contribution is 5.97. The highest BCUT2D eigenvalue weighted by atomic mass is 28.2. The third kappa shape index (κ3) is 214. The van der Waals surface area contributed by atoms with Crippen molar-refractivity contribution in [3.05, 3.63) is 4.91 Å². The van der Waals surface area contributed by atoms with Crippen molar-refractivity contribution in [1.29, 1.82) is 0 Å². The predicted molar refractivity (Wildman–Crippen MR) is 25.0 cm³/mol. The van der Waals surface area contributed by atoms with Crippen LogP contribution < -0.4 is 0 Å². The smallest absolute Gasteiger partial charge is 0.246 e. The average Bonchev–Trinajstić information content (AvgIpc) is 1.69. The number of hydrogen-bond donors (Lipinski definition) is 1. The van der Waals surface area contributed by atoms with E-state index in [0.717, 1.165) is 6.61 Å². The molecule has 0 rings (SSSR count). The maximum absolute atomic E-state index is 8.11. The second kappa shape index (κ2) is 17.6. The van der Waals surface area contributed by atoms with Gasteiger partial charge < -0.3 is 9.63 Å². The molecule has 0 aliphatic rings. The summed E-state index contributed by atoms with van der Waals surface area (Å²) in [7, 11) is 2.79. The van der Waals surface area contributed by atoms with Gasteiger partial charge in [0, 0.05) is 6.61 Å². The minimum atomic E-state index is 0.733. The van der Waals surface area contributed by atoms with E-state index in [-0.39, 0.29) is 0 Å². The molecule has 4 nitrogen and oxygen atoms in total. The predicted octanol–water partition coefficient (Wildman–Crippen LogP) is 0.248. The summed E-state index contributed by atoms with van der Waals surface area (Å²) in [5.41, 5.74) is 0. The van der Waals surface area contributed by atoms with Gasteiger partial charge in [-0.1, -0.05) is 0 Å². The normalized spacial score (nSPS) is 6.00. The zero-order valence-electron chi connectivity index (χ0n) is 3.92. The molecular formula is C2H6NO3Si. The molecule has 0 unspecified atom stereocenters. The minimum absolute atomic E-state index is 0.733. The summed E-state index contributed by atoms with van der Waals surface area (Å²) in [6, 6.07) is 0. The molecule has 5 heteroatoms. The average molecular weight is 120 g/mol. The van der Waals surface area contributed by atoms with Gasteiger partial charge in [-0.2, -0.15) is 0 Å². The first-order chi connectivity index (χ1) is 3.33. The largest absolute Gasteiger partial charge is 0.419 e. The summed E-state index contributed by atoms with van der Waals surface area (Å²) in [5, 5.41) is 7.89. The molecule has 0 saturated heterocycles. The Hall–Kier alpha value is -0.423. The van der Waals surface area contributed by atoms with Crippen molar-refractivity contribution in [3.63, 3.8) is 0 Å². The van der Waals surface area contributed by atoms with Gasteiger partial charge in [-0.15, -0.1) is 4.91 Å². The van der Waals surface area contributed by atoms with E-state index in [1.807, 2.05) is 6.92 Å². The van der Waals surface area contributed by atoms with Crippen molar-refractivity contribution < 1.29 is 9.63 Å². The molecule has 41 valence electrons. The lowest BCUT2D eigenvalue weighted by Crippen LogP contribution is -1.76. The number of nitrogens with zero attached hydrogens (tertiary/aromatic N) is 1. The van der Waals surface area contributed by atoms with Crippen LogP contribution in [0.2, 0.25) is 0 Å². The van der Waals surface area contributed by atoms with Gasteiger partial charge >= 0.3 is 0 Å². The van der Waals surface area contributed by atoms with Crippen LogP contribution in [0.25, 0.3) is 0 Å². The Labute approximate surface area is 45.0 Å². The van der Waals surface area contributed by atoms with Crippen LogP contribution in [0.5, 0.6) is 0 Å². The first-order valence-corrected chi connectivity index (χ1v) is 1.99. The molecule has 7 heavy (non-hydrogen) atoms. The van der Waals surface area contributed by atoms with E-state index in [2.05, 4.69) is 14.9 Å². The van der Waals surface area contributed by atoms with Gasteiger partial charge in [-0.25, -0.2) is 0 Å². The van der Waals surface area contributed by atoms with Crippen LogP contribution in [0.4, 0.5) is 0 Å².